The van der Waals surface area contributed by atoms with E-state index in [-0.39, 0.29) is 75.2 Å². The summed E-state index contributed by atoms with van der Waals surface area (Å²) in [4.78, 5) is 38.9. The molecule has 2 amide bonds. The summed E-state index contributed by atoms with van der Waals surface area (Å²) < 4.78 is 11.7. The standard InChI is InChI=1S/C33H45N3O6/c1-31(2)25(32(31,3)4)17-35-29(38)26-18-7-8-19(13-18)27(26)36-28(37)22-15-23(20(16-34)14-24(22)41-6)42-21-9-11-33(5,12-10-21)30(39)40/h14-15,18-19,21,25-27H,7-13,17H2,1-6H3,(H,35,38)(H,36,37)(H,39,40)/t18-,19+,21-,26+,27-,33+/m1/s1. The Balaban J connectivity index is 1.30. The Hall–Kier alpha value is -3.28. The average Bonchev–Trinajstić information content (AvgIpc) is 3.36. The van der Waals surface area contributed by atoms with Crippen molar-refractivity contribution in [3.8, 4) is 17.6 Å². The quantitative estimate of drug-likeness (QED) is 0.377. The Morgan fingerprint density at radius 3 is 2.21 bits per heavy atom. The van der Waals surface area contributed by atoms with E-state index in [4.69, 9.17) is 9.47 Å². The van der Waals surface area contributed by atoms with E-state index in [0.29, 0.717) is 38.1 Å². The van der Waals surface area contributed by atoms with Crippen molar-refractivity contribution in [2.75, 3.05) is 13.7 Å². The topological polar surface area (TPSA) is 138 Å². The predicted octanol–water partition coefficient (Wildman–Crippen LogP) is 4.92. The number of carbonyl (C=O) groups is 3. The highest BCUT2D eigenvalue weighted by Crippen LogP contribution is 2.68. The van der Waals surface area contributed by atoms with Crippen molar-refractivity contribution in [2.45, 2.75) is 91.7 Å². The Morgan fingerprint density at radius 2 is 1.64 bits per heavy atom. The molecule has 9 nitrogen and oxygen atoms in total. The lowest BCUT2D eigenvalue weighted by atomic mass is 9.75. The zero-order valence-electron chi connectivity index (χ0n) is 25.7. The number of nitriles is 1. The van der Waals surface area contributed by atoms with Crippen LogP contribution < -0.4 is 20.1 Å². The minimum Gasteiger partial charge on any atom is -0.496 e. The molecule has 4 fully saturated rings. The van der Waals surface area contributed by atoms with E-state index in [9.17, 15) is 24.8 Å². The van der Waals surface area contributed by atoms with E-state index >= 15 is 0 Å². The van der Waals surface area contributed by atoms with E-state index in [0.717, 1.165) is 19.3 Å². The number of nitrogens with one attached hydrogen (secondary N) is 2. The number of rotatable bonds is 9. The summed E-state index contributed by atoms with van der Waals surface area (Å²) in [6, 6.07) is 4.93. The van der Waals surface area contributed by atoms with Gasteiger partial charge < -0.3 is 25.2 Å². The molecule has 0 aliphatic heterocycles. The number of amides is 2. The van der Waals surface area contributed by atoms with Crippen LogP contribution in [-0.4, -0.2) is 48.7 Å². The number of ether oxygens (including phenoxy) is 2. The maximum Gasteiger partial charge on any atom is 0.309 e. The minimum absolute atomic E-state index is 0.0208. The third-order valence-corrected chi connectivity index (χ3v) is 11.8. The van der Waals surface area contributed by atoms with Crippen LogP contribution >= 0.6 is 0 Å². The molecule has 1 aromatic carbocycles. The summed E-state index contributed by atoms with van der Waals surface area (Å²) in [5, 5.41) is 25.8. The number of hydrogen-bond acceptors (Lipinski definition) is 6. The fraction of sp³-hybridized carbons (Fsp3) is 0.697. The minimum atomic E-state index is -0.810. The summed E-state index contributed by atoms with van der Waals surface area (Å²) in [6.07, 6.45) is 4.68. The van der Waals surface area contributed by atoms with Crippen LogP contribution in [0, 0.1) is 51.2 Å². The average molecular weight is 580 g/mol. The van der Waals surface area contributed by atoms with Gasteiger partial charge in [-0.05, 0) is 86.5 Å². The molecule has 4 saturated carbocycles. The molecule has 0 heterocycles. The number of nitrogens with zero attached hydrogens (tertiary/aromatic N) is 1. The monoisotopic (exact) mass is 579 g/mol. The van der Waals surface area contributed by atoms with Crippen molar-refractivity contribution in [1.82, 2.24) is 10.6 Å². The number of carbonyl (C=O) groups excluding carboxylic acids is 2. The molecule has 0 spiro atoms. The molecule has 0 unspecified atom stereocenters. The molecule has 9 heteroatoms. The Morgan fingerprint density at radius 1 is 1.00 bits per heavy atom. The Kier molecular flexibility index (Phi) is 7.74. The molecule has 4 aliphatic carbocycles. The second-order valence-electron chi connectivity index (χ2n) is 14.4. The van der Waals surface area contributed by atoms with Crippen molar-refractivity contribution >= 4 is 17.8 Å². The Labute approximate surface area is 248 Å². The van der Waals surface area contributed by atoms with Gasteiger partial charge in [-0.15, -0.1) is 0 Å². The Bertz CT molecular complexity index is 1290. The number of fused-ring (bicyclic) bond motifs is 2. The SMILES string of the molecule is COc1cc(C#N)c(O[C@H]2CC[C@@](C)(C(=O)O)CC2)cc1C(=O)N[C@@H]1[C@H]2CC[C@H](C2)[C@@H]1C(=O)NCC1C(C)(C)C1(C)C. The highest BCUT2D eigenvalue weighted by molar-refractivity contribution is 5.98. The maximum absolute atomic E-state index is 13.7. The van der Waals surface area contributed by atoms with Gasteiger partial charge in [0.1, 0.15) is 17.6 Å². The first-order valence-corrected chi connectivity index (χ1v) is 15.3. The van der Waals surface area contributed by atoms with Crippen molar-refractivity contribution in [2.24, 2.45) is 39.9 Å². The molecule has 0 saturated heterocycles. The number of carboxylic acid groups (broad SMARTS) is 1. The van der Waals surface area contributed by atoms with Gasteiger partial charge in [0.2, 0.25) is 5.91 Å². The molecule has 4 atom stereocenters. The third kappa shape index (κ3) is 5.11. The highest BCUT2D eigenvalue weighted by Gasteiger charge is 2.64. The van der Waals surface area contributed by atoms with E-state index in [2.05, 4.69) is 44.4 Å². The largest absolute Gasteiger partial charge is 0.496 e. The van der Waals surface area contributed by atoms with Gasteiger partial charge in [-0.25, -0.2) is 0 Å². The molecule has 3 N–H and O–H groups in total. The van der Waals surface area contributed by atoms with Crippen molar-refractivity contribution in [1.29, 1.82) is 5.26 Å². The lowest BCUT2D eigenvalue weighted by Crippen LogP contribution is -2.50. The molecule has 5 rings (SSSR count). The summed E-state index contributed by atoms with van der Waals surface area (Å²) in [7, 11) is 1.45. The van der Waals surface area contributed by atoms with Gasteiger partial charge in [0.15, 0.2) is 0 Å². The summed E-state index contributed by atoms with van der Waals surface area (Å²) in [5.41, 5.74) is 0.0841. The molecular weight excluding hydrogens is 534 g/mol. The van der Waals surface area contributed by atoms with Crippen LogP contribution in [0.15, 0.2) is 12.1 Å². The summed E-state index contributed by atoms with van der Waals surface area (Å²) in [5.74, 6) is 0.0440. The number of aliphatic carboxylic acids is 1. The van der Waals surface area contributed by atoms with Gasteiger partial charge in [-0.2, -0.15) is 5.26 Å². The number of carboxylic acids is 1. The second kappa shape index (κ2) is 10.8. The first-order valence-electron chi connectivity index (χ1n) is 15.3. The molecule has 1 aromatic rings. The first-order chi connectivity index (χ1) is 19.7. The van der Waals surface area contributed by atoms with E-state index in [1.807, 2.05) is 0 Å². The van der Waals surface area contributed by atoms with Gasteiger partial charge in [0.25, 0.3) is 5.91 Å². The zero-order chi connectivity index (χ0) is 30.6. The maximum atomic E-state index is 13.7. The van der Waals surface area contributed by atoms with E-state index < -0.39 is 11.4 Å². The van der Waals surface area contributed by atoms with Crippen LogP contribution in [0.5, 0.6) is 11.5 Å². The first kappa shape index (κ1) is 30.2. The molecule has 42 heavy (non-hydrogen) atoms. The van der Waals surface area contributed by atoms with Crippen LogP contribution in [0.25, 0.3) is 0 Å². The fourth-order valence-corrected chi connectivity index (χ4v) is 8.10. The lowest BCUT2D eigenvalue weighted by molar-refractivity contribution is -0.150. The molecule has 2 bridgehead atoms. The number of hydrogen-bond donors (Lipinski definition) is 3. The molecule has 228 valence electrons. The van der Waals surface area contributed by atoms with Gasteiger partial charge in [0.05, 0.1) is 35.7 Å². The zero-order valence-corrected chi connectivity index (χ0v) is 25.7. The van der Waals surface area contributed by atoms with Gasteiger partial charge in [0, 0.05) is 18.7 Å². The van der Waals surface area contributed by atoms with Gasteiger partial charge in [-0.1, -0.05) is 27.7 Å². The molecular formula is C33H45N3O6. The highest BCUT2D eigenvalue weighted by atomic mass is 16.5. The van der Waals surface area contributed by atoms with Crippen molar-refractivity contribution in [3.05, 3.63) is 23.3 Å². The van der Waals surface area contributed by atoms with Crippen LogP contribution in [0.1, 0.15) is 95.5 Å². The van der Waals surface area contributed by atoms with Gasteiger partial charge in [-0.3, -0.25) is 14.4 Å². The van der Waals surface area contributed by atoms with Crippen LogP contribution in [-0.2, 0) is 9.59 Å². The second-order valence-corrected chi connectivity index (χ2v) is 14.4. The number of methoxy groups -OCH3 is 1. The summed E-state index contributed by atoms with van der Waals surface area (Å²) in [6.45, 7) is 11.4. The normalized spacial score (nSPS) is 32.5. The lowest BCUT2D eigenvalue weighted by Gasteiger charge is -2.34. The summed E-state index contributed by atoms with van der Waals surface area (Å²) >= 11 is 0. The molecule has 0 aromatic heterocycles. The fourth-order valence-electron chi connectivity index (χ4n) is 8.10. The molecule has 0 radical (unpaired) electrons. The van der Waals surface area contributed by atoms with E-state index in [1.54, 1.807) is 13.0 Å². The van der Waals surface area contributed by atoms with Crippen molar-refractivity contribution < 1.29 is 29.0 Å². The van der Waals surface area contributed by atoms with Crippen LogP contribution in [0.3, 0.4) is 0 Å². The molecule has 4 aliphatic rings. The van der Waals surface area contributed by atoms with Gasteiger partial charge >= 0.3 is 5.97 Å². The predicted molar refractivity (Wildman–Crippen MR) is 156 cm³/mol. The van der Waals surface area contributed by atoms with Crippen LogP contribution in [0.2, 0.25) is 0 Å². The van der Waals surface area contributed by atoms with E-state index in [1.165, 1.54) is 13.2 Å². The van der Waals surface area contributed by atoms with Crippen LogP contribution in [0.4, 0.5) is 0 Å². The smallest absolute Gasteiger partial charge is 0.309 e. The van der Waals surface area contributed by atoms with Crippen molar-refractivity contribution in [3.63, 3.8) is 0 Å². The number of benzene rings is 1. The third-order valence-electron chi connectivity index (χ3n) is 11.8.